The highest BCUT2D eigenvalue weighted by Gasteiger charge is 2.43. The van der Waals surface area contributed by atoms with Gasteiger partial charge in [0.2, 0.25) is 5.91 Å². The third kappa shape index (κ3) is 2.98. The summed E-state index contributed by atoms with van der Waals surface area (Å²) in [6.07, 6.45) is 0.867. The smallest absolute Gasteiger partial charge is 0.228 e. The number of anilines is 1. The Morgan fingerprint density at radius 2 is 2.00 bits per heavy atom. The Morgan fingerprint density at radius 1 is 1.24 bits per heavy atom. The van der Waals surface area contributed by atoms with Gasteiger partial charge in [-0.2, -0.15) is 5.26 Å². The molecule has 1 amide bonds. The maximum Gasteiger partial charge on any atom is 0.228 e. The van der Waals surface area contributed by atoms with Gasteiger partial charge in [-0.1, -0.05) is 46.3 Å². The van der Waals surface area contributed by atoms with E-state index in [4.69, 9.17) is 5.26 Å². The number of nitriles is 1. The number of halogens is 1. The second-order valence-electron chi connectivity index (χ2n) is 5.15. The summed E-state index contributed by atoms with van der Waals surface area (Å²) < 4.78 is 0.840. The van der Waals surface area contributed by atoms with Crippen molar-refractivity contribution < 1.29 is 4.79 Å². The highest BCUT2D eigenvalue weighted by molar-refractivity contribution is 9.10. The van der Waals surface area contributed by atoms with Crippen LogP contribution in [0.15, 0.2) is 53.0 Å². The molecule has 2 atom stereocenters. The minimum absolute atomic E-state index is 0.00192. The number of carbonyl (C=O) groups excluding carboxylic acids is 1. The number of rotatable bonds is 3. The zero-order chi connectivity index (χ0) is 14.8. The number of hydrogen-bond donors (Lipinski definition) is 1. The molecule has 2 aromatic carbocycles. The minimum Gasteiger partial charge on any atom is -0.325 e. The lowest BCUT2D eigenvalue weighted by molar-refractivity contribution is -0.117. The van der Waals surface area contributed by atoms with Crippen LogP contribution in [0.5, 0.6) is 0 Å². The third-order valence-electron chi connectivity index (χ3n) is 3.71. The molecule has 1 aliphatic rings. The number of carbonyl (C=O) groups is 1. The lowest BCUT2D eigenvalue weighted by Gasteiger charge is -2.07. The maximum atomic E-state index is 12.3. The molecule has 4 heteroatoms. The van der Waals surface area contributed by atoms with Crippen molar-refractivity contribution in [2.45, 2.75) is 12.3 Å². The molecular formula is C17H13BrN2O. The van der Waals surface area contributed by atoms with E-state index in [1.54, 1.807) is 18.2 Å². The molecule has 104 valence electrons. The molecule has 1 aliphatic carbocycles. The molecule has 3 rings (SSSR count). The molecule has 1 fully saturated rings. The number of nitrogens with zero attached hydrogens (tertiary/aromatic N) is 1. The van der Waals surface area contributed by atoms with Gasteiger partial charge in [-0.05, 0) is 36.1 Å². The van der Waals surface area contributed by atoms with Crippen molar-refractivity contribution in [2.24, 2.45) is 5.92 Å². The van der Waals surface area contributed by atoms with Crippen LogP contribution in [0, 0.1) is 17.2 Å². The highest BCUT2D eigenvalue weighted by Crippen LogP contribution is 2.48. The van der Waals surface area contributed by atoms with E-state index in [2.05, 4.69) is 39.4 Å². The molecule has 0 aromatic heterocycles. The first-order valence-electron chi connectivity index (χ1n) is 6.74. The van der Waals surface area contributed by atoms with Gasteiger partial charge >= 0.3 is 0 Å². The Hall–Kier alpha value is -2.12. The van der Waals surface area contributed by atoms with Gasteiger partial charge < -0.3 is 5.32 Å². The van der Waals surface area contributed by atoms with Crippen LogP contribution in [-0.2, 0) is 4.79 Å². The first-order chi connectivity index (χ1) is 10.2. The monoisotopic (exact) mass is 340 g/mol. The summed E-state index contributed by atoms with van der Waals surface area (Å²) in [5.41, 5.74) is 2.24. The van der Waals surface area contributed by atoms with E-state index < -0.39 is 0 Å². The molecule has 2 aromatic rings. The Bertz CT molecular complexity index is 721. The molecule has 0 aliphatic heterocycles. The van der Waals surface area contributed by atoms with E-state index >= 15 is 0 Å². The molecule has 0 saturated heterocycles. The van der Waals surface area contributed by atoms with Crippen molar-refractivity contribution in [3.8, 4) is 6.07 Å². The summed E-state index contributed by atoms with van der Waals surface area (Å²) in [5.74, 6) is 0.278. The second kappa shape index (κ2) is 5.71. The van der Waals surface area contributed by atoms with E-state index in [1.165, 1.54) is 5.56 Å². The van der Waals surface area contributed by atoms with Crippen molar-refractivity contribution in [3.63, 3.8) is 0 Å². The molecule has 0 heterocycles. The van der Waals surface area contributed by atoms with Crippen molar-refractivity contribution in [1.29, 1.82) is 5.26 Å². The number of amides is 1. The summed E-state index contributed by atoms with van der Waals surface area (Å²) in [5, 5.41) is 12.0. The van der Waals surface area contributed by atoms with Crippen LogP contribution >= 0.6 is 15.9 Å². The van der Waals surface area contributed by atoms with Crippen LogP contribution < -0.4 is 5.32 Å². The van der Waals surface area contributed by atoms with Gasteiger partial charge in [0, 0.05) is 10.4 Å². The third-order valence-corrected chi connectivity index (χ3v) is 4.21. The highest BCUT2D eigenvalue weighted by atomic mass is 79.9. The van der Waals surface area contributed by atoms with Crippen LogP contribution in [0.4, 0.5) is 5.69 Å². The molecule has 0 bridgehead atoms. The minimum atomic E-state index is -0.0153. The standard InChI is InChI=1S/C17H13BrN2O/c18-13-7-6-12(10-19)16(8-13)20-17(21)15-9-14(15)11-4-2-1-3-5-11/h1-8,14-15H,9H2,(H,20,21). The van der Waals surface area contributed by atoms with Crippen LogP contribution in [0.2, 0.25) is 0 Å². The van der Waals surface area contributed by atoms with Gasteiger partial charge in [0.15, 0.2) is 0 Å². The summed E-state index contributed by atoms with van der Waals surface area (Å²) in [6, 6.07) is 17.4. The summed E-state index contributed by atoms with van der Waals surface area (Å²) >= 11 is 3.36. The van der Waals surface area contributed by atoms with Gasteiger partial charge in [-0.15, -0.1) is 0 Å². The topological polar surface area (TPSA) is 52.9 Å². The summed E-state index contributed by atoms with van der Waals surface area (Å²) in [4.78, 5) is 12.3. The molecule has 21 heavy (non-hydrogen) atoms. The van der Waals surface area contributed by atoms with Gasteiger partial charge in [-0.25, -0.2) is 0 Å². The first-order valence-corrected chi connectivity index (χ1v) is 7.54. The van der Waals surface area contributed by atoms with E-state index in [0.717, 1.165) is 10.9 Å². The van der Waals surface area contributed by atoms with E-state index in [1.807, 2.05) is 18.2 Å². The van der Waals surface area contributed by atoms with Crippen molar-refractivity contribution >= 4 is 27.5 Å². The van der Waals surface area contributed by atoms with Gasteiger partial charge in [0.25, 0.3) is 0 Å². The molecule has 1 saturated carbocycles. The maximum absolute atomic E-state index is 12.3. The van der Waals surface area contributed by atoms with Crippen LogP contribution in [0.1, 0.15) is 23.5 Å². The lowest BCUT2D eigenvalue weighted by Crippen LogP contribution is -2.15. The predicted octanol–water partition coefficient (Wildman–Crippen LogP) is 4.06. The van der Waals surface area contributed by atoms with Crippen LogP contribution in [0.25, 0.3) is 0 Å². The molecule has 3 nitrogen and oxygen atoms in total. The average molecular weight is 341 g/mol. The predicted molar refractivity (Wildman–Crippen MR) is 84.8 cm³/mol. The van der Waals surface area contributed by atoms with E-state index in [-0.39, 0.29) is 11.8 Å². The van der Waals surface area contributed by atoms with Crippen molar-refractivity contribution in [1.82, 2.24) is 0 Å². The molecule has 1 N–H and O–H groups in total. The zero-order valence-electron chi connectivity index (χ0n) is 11.2. The molecule has 0 spiro atoms. The zero-order valence-corrected chi connectivity index (χ0v) is 12.8. The van der Waals surface area contributed by atoms with E-state index in [9.17, 15) is 4.79 Å². The van der Waals surface area contributed by atoms with Gasteiger partial charge in [0.1, 0.15) is 6.07 Å². The normalized spacial score (nSPS) is 19.6. The lowest BCUT2D eigenvalue weighted by atomic mass is 10.1. The van der Waals surface area contributed by atoms with Gasteiger partial charge in [-0.3, -0.25) is 4.79 Å². The fourth-order valence-corrected chi connectivity index (χ4v) is 2.86. The summed E-state index contributed by atoms with van der Waals surface area (Å²) in [7, 11) is 0. The fourth-order valence-electron chi connectivity index (χ4n) is 2.50. The van der Waals surface area contributed by atoms with Crippen LogP contribution in [0.3, 0.4) is 0 Å². The fraction of sp³-hybridized carbons (Fsp3) is 0.176. The number of hydrogen-bond acceptors (Lipinski definition) is 2. The average Bonchev–Trinajstić information content (AvgIpc) is 3.29. The Balaban J connectivity index is 1.72. The van der Waals surface area contributed by atoms with E-state index in [0.29, 0.717) is 17.2 Å². The van der Waals surface area contributed by atoms with Gasteiger partial charge in [0.05, 0.1) is 11.3 Å². The van der Waals surface area contributed by atoms with Crippen LogP contribution in [-0.4, -0.2) is 5.91 Å². The quantitative estimate of drug-likeness (QED) is 0.915. The summed E-state index contributed by atoms with van der Waals surface area (Å²) in [6.45, 7) is 0. The Labute approximate surface area is 131 Å². The van der Waals surface area contributed by atoms with Crippen molar-refractivity contribution in [3.05, 3.63) is 64.1 Å². The largest absolute Gasteiger partial charge is 0.325 e. The van der Waals surface area contributed by atoms with Crippen molar-refractivity contribution in [2.75, 3.05) is 5.32 Å². The SMILES string of the molecule is N#Cc1ccc(Br)cc1NC(=O)C1CC1c1ccccc1. The molecular weight excluding hydrogens is 328 g/mol. The number of benzene rings is 2. The number of nitrogens with one attached hydrogen (secondary N) is 1. The molecule has 0 radical (unpaired) electrons. The first kappa shape index (κ1) is 13.8. The Kier molecular flexibility index (Phi) is 3.76. The second-order valence-corrected chi connectivity index (χ2v) is 6.07. The Morgan fingerprint density at radius 3 is 2.71 bits per heavy atom. The molecule has 2 unspecified atom stereocenters.